The van der Waals surface area contributed by atoms with Crippen molar-refractivity contribution in [1.29, 1.82) is 0 Å². The highest BCUT2D eigenvalue weighted by molar-refractivity contribution is 7.80. The van der Waals surface area contributed by atoms with Crippen LogP contribution in [-0.4, -0.2) is 63.4 Å². The Hall–Kier alpha value is -0.290. The SMILES string of the molecule is CC(C)C(CC[C@@H](C)[C@H]1C[C@@H](O)[C@@H]2[C@]1(C)CC[C@@H]1[C@@]3(C)CC[C@H](O)C[C@@H]3[C@@H](O)C[C@]12O)OS(=O)(=O)O. The Balaban J connectivity index is 1.55. The second-order valence-corrected chi connectivity index (χ2v) is 14.7. The molecule has 0 aliphatic heterocycles. The van der Waals surface area contributed by atoms with Crippen LogP contribution < -0.4 is 0 Å². The number of hydrogen-bond acceptors (Lipinski definition) is 7. The van der Waals surface area contributed by atoms with Crippen LogP contribution >= 0.6 is 0 Å². The lowest BCUT2D eigenvalue weighted by Crippen LogP contribution is -2.68. The maximum Gasteiger partial charge on any atom is 0.397 e. The van der Waals surface area contributed by atoms with Gasteiger partial charge in [0.25, 0.3) is 0 Å². The zero-order chi connectivity index (χ0) is 26.8. The van der Waals surface area contributed by atoms with Crippen molar-refractivity contribution in [1.82, 2.24) is 0 Å². The van der Waals surface area contributed by atoms with Crippen molar-refractivity contribution in [3.8, 4) is 0 Å². The van der Waals surface area contributed by atoms with Gasteiger partial charge in [-0.05, 0) is 91.8 Å². The lowest BCUT2D eigenvalue weighted by atomic mass is 9.42. The van der Waals surface area contributed by atoms with Gasteiger partial charge in [0.2, 0.25) is 0 Å². The summed E-state index contributed by atoms with van der Waals surface area (Å²) in [7, 11) is -4.53. The fraction of sp³-hybridized carbons (Fsp3) is 1.00. The number of fused-ring (bicyclic) bond motifs is 5. The fourth-order valence-corrected chi connectivity index (χ4v) is 10.3. The van der Waals surface area contributed by atoms with Gasteiger partial charge < -0.3 is 20.4 Å². The zero-order valence-corrected chi connectivity index (χ0v) is 23.3. The number of hydrogen-bond donors (Lipinski definition) is 5. The molecule has 4 aliphatic carbocycles. The second kappa shape index (κ2) is 9.72. The Kier molecular flexibility index (Phi) is 7.75. The molecule has 0 bridgehead atoms. The predicted molar refractivity (Wildman–Crippen MR) is 135 cm³/mol. The van der Waals surface area contributed by atoms with Crippen molar-refractivity contribution < 1.29 is 37.6 Å². The lowest BCUT2D eigenvalue weighted by Gasteiger charge is -2.66. The van der Waals surface area contributed by atoms with Gasteiger partial charge in [-0.25, -0.2) is 4.18 Å². The highest BCUT2D eigenvalue weighted by Gasteiger charge is 2.70. The van der Waals surface area contributed by atoms with E-state index in [0.29, 0.717) is 32.1 Å². The van der Waals surface area contributed by atoms with E-state index in [1.54, 1.807) is 0 Å². The third-order valence-electron chi connectivity index (χ3n) is 11.3. The average molecular weight is 533 g/mol. The molecule has 210 valence electrons. The van der Waals surface area contributed by atoms with Crippen molar-refractivity contribution in [3.05, 3.63) is 0 Å². The molecular formula is C27H48O8S. The van der Waals surface area contributed by atoms with Crippen molar-refractivity contribution >= 4 is 10.4 Å². The topological polar surface area (TPSA) is 145 Å². The maximum atomic E-state index is 12.4. The van der Waals surface area contributed by atoms with E-state index in [4.69, 9.17) is 4.18 Å². The molecule has 0 aromatic rings. The van der Waals surface area contributed by atoms with Gasteiger partial charge in [0.05, 0.1) is 30.0 Å². The quantitative estimate of drug-likeness (QED) is 0.314. The number of aliphatic hydroxyl groups is 4. The molecule has 4 aliphatic rings. The molecule has 36 heavy (non-hydrogen) atoms. The summed E-state index contributed by atoms with van der Waals surface area (Å²) in [6, 6.07) is 0. The molecule has 0 amide bonds. The molecule has 0 heterocycles. The van der Waals surface area contributed by atoms with Crippen LogP contribution in [0.3, 0.4) is 0 Å². The first-order chi connectivity index (χ1) is 16.5. The van der Waals surface area contributed by atoms with Gasteiger partial charge in [0.15, 0.2) is 0 Å². The minimum absolute atomic E-state index is 0.0267. The van der Waals surface area contributed by atoms with Gasteiger partial charge >= 0.3 is 10.4 Å². The number of rotatable bonds is 7. The van der Waals surface area contributed by atoms with E-state index in [-0.39, 0.29) is 52.8 Å². The maximum absolute atomic E-state index is 12.4. The molecule has 0 radical (unpaired) electrons. The first-order valence-electron chi connectivity index (χ1n) is 13.9. The molecule has 1 unspecified atom stereocenters. The molecule has 9 heteroatoms. The summed E-state index contributed by atoms with van der Waals surface area (Å²) in [5.74, 6) is -0.203. The van der Waals surface area contributed by atoms with Gasteiger partial charge in [-0.3, -0.25) is 4.55 Å². The summed E-state index contributed by atoms with van der Waals surface area (Å²) < 4.78 is 36.7. The Bertz CT molecular complexity index is 909. The van der Waals surface area contributed by atoms with Crippen LogP contribution in [0, 0.1) is 46.3 Å². The van der Waals surface area contributed by atoms with E-state index in [0.717, 1.165) is 19.3 Å². The molecule has 4 fully saturated rings. The molecule has 4 rings (SSSR count). The summed E-state index contributed by atoms with van der Waals surface area (Å²) in [4.78, 5) is 0. The van der Waals surface area contributed by atoms with Crippen molar-refractivity contribution in [3.63, 3.8) is 0 Å². The van der Waals surface area contributed by atoms with Gasteiger partial charge in [0, 0.05) is 12.3 Å². The Morgan fingerprint density at radius 1 is 0.944 bits per heavy atom. The van der Waals surface area contributed by atoms with Crippen molar-refractivity contribution in [2.45, 2.75) is 122 Å². The fourth-order valence-electron chi connectivity index (χ4n) is 9.68. The van der Waals surface area contributed by atoms with Gasteiger partial charge in [-0.15, -0.1) is 0 Å². The predicted octanol–water partition coefficient (Wildman–Crippen LogP) is 3.32. The molecule has 8 nitrogen and oxygen atoms in total. The second-order valence-electron chi connectivity index (χ2n) is 13.6. The van der Waals surface area contributed by atoms with E-state index in [2.05, 4.69) is 20.8 Å². The van der Waals surface area contributed by atoms with E-state index >= 15 is 0 Å². The Morgan fingerprint density at radius 2 is 1.58 bits per heavy atom. The standard InChI is InChI=1S/C27H48O8S/c1-15(2)22(35-36(32,33)34)7-6-16(3)18-13-20(29)24-26(18,5)11-9-23-25(4)10-8-17(28)12-19(25)21(30)14-27(23,24)31/h15-24,28-31H,6-14H2,1-5H3,(H,32,33,34)/t16-,17+,18-,19-,20-,21+,22?,23-,24-,25+,26-,27+/m1/s1. The highest BCUT2D eigenvalue weighted by atomic mass is 32.3. The largest absolute Gasteiger partial charge is 0.397 e. The smallest absolute Gasteiger partial charge is 0.393 e. The van der Waals surface area contributed by atoms with Crippen LogP contribution in [0.5, 0.6) is 0 Å². The monoisotopic (exact) mass is 532 g/mol. The van der Waals surface area contributed by atoms with Crippen LogP contribution in [0.1, 0.15) is 92.4 Å². The van der Waals surface area contributed by atoms with Crippen molar-refractivity contribution in [2.24, 2.45) is 46.3 Å². The van der Waals surface area contributed by atoms with Crippen LogP contribution in [-0.2, 0) is 14.6 Å². The van der Waals surface area contributed by atoms with E-state index in [1.165, 1.54) is 0 Å². The summed E-state index contributed by atoms with van der Waals surface area (Å²) in [5, 5.41) is 45.3. The lowest BCUT2D eigenvalue weighted by molar-refractivity contribution is -0.263. The first kappa shape index (κ1) is 28.7. The third kappa shape index (κ3) is 4.80. The molecular weight excluding hydrogens is 484 g/mol. The molecule has 0 saturated heterocycles. The number of aliphatic hydroxyl groups excluding tert-OH is 3. The Labute approximate surface area is 216 Å². The third-order valence-corrected chi connectivity index (χ3v) is 11.8. The molecule has 0 aromatic carbocycles. The normalized spacial score (nSPS) is 48.7. The van der Waals surface area contributed by atoms with Crippen LogP contribution in [0.4, 0.5) is 0 Å². The first-order valence-corrected chi connectivity index (χ1v) is 15.3. The van der Waals surface area contributed by atoms with Crippen LogP contribution in [0.15, 0.2) is 0 Å². The zero-order valence-electron chi connectivity index (χ0n) is 22.5. The van der Waals surface area contributed by atoms with E-state index < -0.39 is 40.4 Å². The van der Waals surface area contributed by atoms with Crippen molar-refractivity contribution in [2.75, 3.05) is 0 Å². The molecule has 0 spiro atoms. The minimum atomic E-state index is -4.53. The highest BCUT2D eigenvalue weighted by Crippen LogP contribution is 2.69. The minimum Gasteiger partial charge on any atom is -0.393 e. The van der Waals surface area contributed by atoms with Crippen LogP contribution in [0.2, 0.25) is 0 Å². The van der Waals surface area contributed by atoms with Gasteiger partial charge in [0.1, 0.15) is 0 Å². The van der Waals surface area contributed by atoms with Gasteiger partial charge in [-0.2, -0.15) is 8.42 Å². The summed E-state index contributed by atoms with van der Waals surface area (Å²) in [6.45, 7) is 10.2. The summed E-state index contributed by atoms with van der Waals surface area (Å²) >= 11 is 0. The molecule has 5 N–H and O–H groups in total. The van der Waals surface area contributed by atoms with E-state index in [1.807, 2.05) is 13.8 Å². The molecule has 4 saturated carbocycles. The Morgan fingerprint density at radius 3 is 2.19 bits per heavy atom. The summed E-state index contributed by atoms with van der Waals surface area (Å²) in [6.07, 6.45) is 3.28. The molecule has 12 atom stereocenters. The van der Waals surface area contributed by atoms with Crippen LogP contribution in [0.25, 0.3) is 0 Å². The average Bonchev–Trinajstić information content (AvgIpc) is 3.02. The summed E-state index contributed by atoms with van der Waals surface area (Å²) in [5.41, 5.74) is -1.74. The molecule has 0 aromatic heterocycles. The van der Waals surface area contributed by atoms with E-state index in [9.17, 15) is 33.4 Å². The van der Waals surface area contributed by atoms with Gasteiger partial charge in [-0.1, -0.05) is 34.6 Å².